The van der Waals surface area contributed by atoms with Crippen LogP contribution in [0.25, 0.3) is 0 Å². The number of carbonyl (C=O) groups is 1. The van der Waals surface area contributed by atoms with E-state index in [1.165, 1.54) is 0 Å². The maximum Gasteiger partial charge on any atom is 0.255 e. The van der Waals surface area contributed by atoms with Crippen LogP contribution in [0, 0.1) is 6.92 Å². The molecule has 6 heteroatoms. The molecule has 0 atom stereocenters. The second-order valence-electron chi connectivity index (χ2n) is 4.48. The lowest BCUT2D eigenvalue weighted by atomic mass is 10.1. The van der Waals surface area contributed by atoms with Crippen LogP contribution in [0.15, 0.2) is 52.1 Å². The number of halogens is 1. The van der Waals surface area contributed by atoms with Gasteiger partial charge in [-0.05, 0) is 36.8 Å². The highest BCUT2D eigenvalue weighted by Gasteiger charge is 2.09. The Morgan fingerprint density at radius 3 is 2.62 bits per heavy atom. The van der Waals surface area contributed by atoms with Gasteiger partial charge in [-0.25, -0.2) is 0 Å². The molecule has 0 heterocycles. The first kappa shape index (κ1) is 15.1. The van der Waals surface area contributed by atoms with Crippen molar-refractivity contribution in [1.82, 2.24) is 0 Å². The second kappa shape index (κ2) is 6.41. The van der Waals surface area contributed by atoms with Gasteiger partial charge in [0.25, 0.3) is 5.91 Å². The lowest BCUT2D eigenvalue weighted by Gasteiger charge is -2.08. The number of aryl methyl sites for hydroxylation is 1. The monoisotopic (exact) mass is 347 g/mol. The molecule has 0 aromatic heterocycles. The Morgan fingerprint density at radius 1 is 1.24 bits per heavy atom. The van der Waals surface area contributed by atoms with Gasteiger partial charge in [-0.15, -0.1) is 0 Å². The molecule has 0 unspecified atom stereocenters. The molecule has 4 N–H and O–H groups in total. The van der Waals surface area contributed by atoms with Crippen molar-refractivity contribution in [1.29, 1.82) is 0 Å². The van der Waals surface area contributed by atoms with Gasteiger partial charge in [0, 0.05) is 21.3 Å². The van der Waals surface area contributed by atoms with Crippen LogP contribution >= 0.6 is 15.9 Å². The minimum absolute atomic E-state index is 0.0391. The lowest BCUT2D eigenvalue weighted by Crippen LogP contribution is -2.16. The summed E-state index contributed by atoms with van der Waals surface area (Å²) >= 11 is 3.42. The summed E-state index contributed by atoms with van der Waals surface area (Å²) in [7, 11) is 0. The number of nitrogens with two attached hydrogens (primary N) is 1. The molecule has 0 saturated carbocycles. The molecule has 1 amide bonds. The van der Waals surface area contributed by atoms with Crippen molar-refractivity contribution in [3.8, 4) is 0 Å². The van der Waals surface area contributed by atoms with E-state index in [4.69, 9.17) is 10.9 Å². The smallest absolute Gasteiger partial charge is 0.255 e. The summed E-state index contributed by atoms with van der Waals surface area (Å²) in [4.78, 5) is 12.2. The topological polar surface area (TPSA) is 87.7 Å². The molecule has 2 aromatic carbocycles. The largest absolute Gasteiger partial charge is 0.409 e. The third-order valence-corrected chi connectivity index (χ3v) is 3.81. The average Bonchev–Trinajstić information content (AvgIpc) is 2.50. The van der Waals surface area contributed by atoms with E-state index < -0.39 is 0 Å². The third-order valence-electron chi connectivity index (χ3n) is 2.96. The predicted molar refractivity (Wildman–Crippen MR) is 85.8 cm³/mol. The second-order valence-corrected chi connectivity index (χ2v) is 5.34. The van der Waals surface area contributed by atoms with Crippen LogP contribution in [0.5, 0.6) is 0 Å². The zero-order valence-corrected chi connectivity index (χ0v) is 12.9. The number of rotatable bonds is 3. The van der Waals surface area contributed by atoms with Crippen LogP contribution in [0.1, 0.15) is 21.5 Å². The minimum Gasteiger partial charge on any atom is -0.409 e. The molecule has 0 aliphatic carbocycles. The Hall–Kier alpha value is -2.34. The van der Waals surface area contributed by atoms with Crippen molar-refractivity contribution in [3.05, 3.63) is 63.6 Å². The maximum atomic E-state index is 12.2. The molecular weight excluding hydrogens is 334 g/mol. The standard InChI is InChI=1S/C15H14BrN3O2/c1-9-5-6-12(8-13(9)16)18-15(20)11-4-2-3-10(7-11)14(17)19-21/h2-8,21H,1H3,(H2,17,19)(H,18,20). The van der Waals surface area contributed by atoms with Crippen LogP contribution in [0.2, 0.25) is 0 Å². The molecule has 0 aliphatic rings. The van der Waals surface area contributed by atoms with Crippen LogP contribution in [0.3, 0.4) is 0 Å². The fourth-order valence-electron chi connectivity index (χ4n) is 1.75. The molecule has 5 nitrogen and oxygen atoms in total. The molecule has 0 spiro atoms. The van der Waals surface area contributed by atoms with E-state index in [1.807, 2.05) is 25.1 Å². The van der Waals surface area contributed by atoms with Crippen LogP contribution in [-0.4, -0.2) is 17.0 Å². The molecule has 0 fully saturated rings. The highest BCUT2D eigenvalue weighted by Crippen LogP contribution is 2.21. The van der Waals surface area contributed by atoms with Crippen LogP contribution in [-0.2, 0) is 0 Å². The van der Waals surface area contributed by atoms with Gasteiger partial charge in [0.05, 0.1) is 0 Å². The third kappa shape index (κ3) is 3.61. The van der Waals surface area contributed by atoms with Crippen LogP contribution < -0.4 is 11.1 Å². The van der Waals surface area contributed by atoms with Gasteiger partial charge in [0.2, 0.25) is 0 Å². The highest BCUT2D eigenvalue weighted by molar-refractivity contribution is 9.10. The number of benzene rings is 2. The molecular formula is C15H14BrN3O2. The van der Waals surface area contributed by atoms with Gasteiger partial charge in [0.1, 0.15) is 0 Å². The molecule has 2 rings (SSSR count). The van der Waals surface area contributed by atoms with E-state index in [1.54, 1.807) is 24.3 Å². The van der Waals surface area contributed by atoms with Crippen molar-refractivity contribution >= 4 is 33.4 Å². The molecule has 21 heavy (non-hydrogen) atoms. The maximum absolute atomic E-state index is 12.2. The van der Waals surface area contributed by atoms with E-state index in [2.05, 4.69) is 26.4 Å². The van der Waals surface area contributed by atoms with E-state index in [-0.39, 0.29) is 11.7 Å². The fourth-order valence-corrected chi connectivity index (χ4v) is 2.13. The first-order valence-corrected chi connectivity index (χ1v) is 6.96. The summed E-state index contributed by atoms with van der Waals surface area (Å²) < 4.78 is 0.922. The zero-order valence-electron chi connectivity index (χ0n) is 11.3. The summed E-state index contributed by atoms with van der Waals surface area (Å²) in [5.74, 6) is -0.305. The van der Waals surface area contributed by atoms with Crippen molar-refractivity contribution in [2.45, 2.75) is 6.92 Å². The Morgan fingerprint density at radius 2 is 1.95 bits per heavy atom. The first-order chi connectivity index (χ1) is 10.0. The number of hydrogen-bond donors (Lipinski definition) is 3. The van der Waals surface area contributed by atoms with Gasteiger partial charge in [0.15, 0.2) is 5.84 Å². The Labute approximate surface area is 130 Å². The minimum atomic E-state index is -0.265. The Balaban J connectivity index is 2.22. The number of hydrogen-bond acceptors (Lipinski definition) is 3. The number of anilines is 1. The predicted octanol–water partition coefficient (Wildman–Crippen LogP) is 3.10. The summed E-state index contributed by atoms with van der Waals surface area (Å²) in [5, 5.41) is 14.4. The van der Waals surface area contributed by atoms with Gasteiger partial charge in [-0.1, -0.05) is 39.3 Å². The number of carbonyl (C=O) groups excluding carboxylic acids is 1. The van der Waals surface area contributed by atoms with Crippen molar-refractivity contribution in [2.75, 3.05) is 5.32 Å². The Bertz CT molecular complexity index is 714. The van der Waals surface area contributed by atoms with Gasteiger partial charge >= 0.3 is 0 Å². The van der Waals surface area contributed by atoms with E-state index in [0.29, 0.717) is 16.8 Å². The van der Waals surface area contributed by atoms with E-state index >= 15 is 0 Å². The quantitative estimate of drug-likeness (QED) is 0.345. The van der Waals surface area contributed by atoms with Gasteiger partial charge < -0.3 is 16.3 Å². The van der Waals surface area contributed by atoms with Gasteiger partial charge in [-0.3, -0.25) is 4.79 Å². The van der Waals surface area contributed by atoms with Crippen molar-refractivity contribution in [3.63, 3.8) is 0 Å². The summed E-state index contributed by atoms with van der Waals surface area (Å²) in [5.41, 5.74) is 8.19. The van der Waals surface area contributed by atoms with E-state index in [0.717, 1.165) is 10.0 Å². The molecule has 0 saturated heterocycles. The van der Waals surface area contributed by atoms with Crippen LogP contribution in [0.4, 0.5) is 5.69 Å². The number of amides is 1. The normalized spacial score (nSPS) is 11.2. The molecule has 0 radical (unpaired) electrons. The number of amidine groups is 1. The Kier molecular flexibility index (Phi) is 4.59. The van der Waals surface area contributed by atoms with Crippen molar-refractivity contribution < 1.29 is 10.0 Å². The summed E-state index contributed by atoms with van der Waals surface area (Å²) in [6.07, 6.45) is 0. The molecule has 2 aromatic rings. The molecule has 0 aliphatic heterocycles. The van der Waals surface area contributed by atoms with E-state index in [9.17, 15) is 4.79 Å². The van der Waals surface area contributed by atoms with Gasteiger partial charge in [-0.2, -0.15) is 0 Å². The zero-order chi connectivity index (χ0) is 15.4. The van der Waals surface area contributed by atoms with Crippen molar-refractivity contribution in [2.24, 2.45) is 10.9 Å². The first-order valence-electron chi connectivity index (χ1n) is 6.16. The highest BCUT2D eigenvalue weighted by atomic mass is 79.9. The molecule has 108 valence electrons. The summed E-state index contributed by atoms with van der Waals surface area (Å²) in [6.45, 7) is 1.97. The average molecular weight is 348 g/mol. The number of oxime groups is 1. The molecule has 0 bridgehead atoms. The lowest BCUT2D eigenvalue weighted by molar-refractivity contribution is 0.102. The number of nitrogens with zero attached hydrogens (tertiary/aromatic N) is 1. The number of nitrogens with one attached hydrogen (secondary N) is 1. The SMILES string of the molecule is Cc1ccc(NC(=O)c2cccc(C(N)=NO)c2)cc1Br. The fraction of sp³-hybridized carbons (Fsp3) is 0.0667. The summed E-state index contributed by atoms with van der Waals surface area (Å²) in [6, 6.07) is 12.1.